The number of nitrogens with one attached hydrogen (secondary N) is 2. The van der Waals surface area contributed by atoms with Gasteiger partial charge in [0, 0.05) is 31.0 Å². The smallest absolute Gasteiger partial charge is 0.410 e. The average molecular weight is 306 g/mol. The highest BCUT2D eigenvalue weighted by Crippen LogP contribution is 2.38. The Morgan fingerprint density at radius 1 is 1.45 bits per heavy atom. The quantitative estimate of drug-likeness (QED) is 0.899. The van der Waals surface area contributed by atoms with E-state index in [1.807, 2.05) is 31.7 Å². The predicted octanol–water partition coefficient (Wildman–Crippen LogP) is 2.29. The maximum atomic E-state index is 12.4. The lowest BCUT2D eigenvalue weighted by molar-refractivity contribution is 0.0195. The van der Waals surface area contributed by atoms with Crippen molar-refractivity contribution in [2.75, 3.05) is 6.54 Å². The molecule has 1 aromatic rings. The van der Waals surface area contributed by atoms with Crippen LogP contribution in [0.5, 0.6) is 0 Å². The second-order valence-corrected chi connectivity index (χ2v) is 7.36. The number of carbonyl (C=O) groups excluding carboxylic acids is 1. The van der Waals surface area contributed by atoms with Gasteiger partial charge in [-0.2, -0.15) is 5.10 Å². The lowest BCUT2D eigenvalue weighted by atomic mass is 10.0. The molecule has 2 N–H and O–H groups in total. The van der Waals surface area contributed by atoms with Crippen LogP contribution in [0.25, 0.3) is 0 Å². The summed E-state index contributed by atoms with van der Waals surface area (Å²) in [6.45, 7) is 7.33. The van der Waals surface area contributed by atoms with Gasteiger partial charge in [-0.1, -0.05) is 0 Å². The summed E-state index contributed by atoms with van der Waals surface area (Å²) in [5.41, 5.74) is 0.636. The molecule has 3 atom stereocenters. The standard InChI is InChI=1S/C16H26N4O2/c1-16(2,3)22-15(21)20-9-7-11-4-5-13(14(11)20)17-10-12-6-8-18-19-12/h6,8,11,13-14,17H,4-5,7,9-10H2,1-3H3,(H,18,19). The van der Waals surface area contributed by atoms with Crippen molar-refractivity contribution in [3.8, 4) is 0 Å². The van der Waals surface area contributed by atoms with Gasteiger partial charge in [-0.15, -0.1) is 0 Å². The van der Waals surface area contributed by atoms with Gasteiger partial charge in [0.15, 0.2) is 0 Å². The number of fused-ring (bicyclic) bond motifs is 1. The normalized spacial score (nSPS) is 28.0. The van der Waals surface area contributed by atoms with E-state index in [1.54, 1.807) is 6.20 Å². The third-order valence-electron chi connectivity index (χ3n) is 4.59. The Morgan fingerprint density at radius 2 is 2.27 bits per heavy atom. The van der Waals surface area contributed by atoms with E-state index < -0.39 is 5.60 Å². The molecule has 2 fully saturated rings. The lowest BCUT2D eigenvalue weighted by Gasteiger charge is -2.32. The maximum absolute atomic E-state index is 12.4. The van der Waals surface area contributed by atoms with Gasteiger partial charge in [0.05, 0.1) is 6.04 Å². The zero-order valence-electron chi connectivity index (χ0n) is 13.6. The number of hydrogen-bond acceptors (Lipinski definition) is 4. The number of aromatic amines is 1. The van der Waals surface area contributed by atoms with Gasteiger partial charge < -0.3 is 15.0 Å². The van der Waals surface area contributed by atoms with E-state index in [-0.39, 0.29) is 12.1 Å². The van der Waals surface area contributed by atoms with E-state index in [9.17, 15) is 4.79 Å². The summed E-state index contributed by atoms with van der Waals surface area (Å²) in [6, 6.07) is 2.57. The molecule has 1 amide bonds. The van der Waals surface area contributed by atoms with Crippen LogP contribution in [0, 0.1) is 5.92 Å². The summed E-state index contributed by atoms with van der Waals surface area (Å²) >= 11 is 0. The van der Waals surface area contributed by atoms with Crippen molar-refractivity contribution in [3.05, 3.63) is 18.0 Å². The molecule has 1 aliphatic carbocycles. The van der Waals surface area contributed by atoms with E-state index in [1.165, 1.54) is 6.42 Å². The van der Waals surface area contributed by atoms with E-state index in [4.69, 9.17) is 4.74 Å². The zero-order valence-corrected chi connectivity index (χ0v) is 13.6. The van der Waals surface area contributed by atoms with Gasteiger partial charge >= 0.3 is 6.09 Å². The summed E-state index contributed by atoms with van der Waals surface area (Å²) in [5, 5.41) is 10.5. The first kappa shape index (κ1) is 15.3. The minimum Gasteiger partial charge on any atom is -0.444 e. The van der Waals surface area contributed by atoms with Crippen molar-refractivity contribution in [1.82, 2.24) is 20.4 Å². The second kappa shape index (κ2) is 5.91. The number of carbonyl (C=O) groups is 1. The molecule has 1 aromatic heterocycles. The summed E-state index contributed by atoms with van der Waals surface area (Å²) in [4.78, 5) is 14.4. The van der Waals surface area contributed by atoms with Crippen LogP contribution >= 0.6 is 0 Å². The Labute approximate surface area is 131 Å². The number of H-pyrrole nitrogens is 1. The fourth-order valence-electron chi connectivity index (χ4n) is 3.69. The average Bonchev–Trinajstić information content (AvgIpc) is 3.12. The van der Waals surface area contributed by atoms with Crippen LogP contribution < -0.4 is 5.32 Å². The topological polar surface area (TPSA) is 70.2 Å². The first-order valence-electron chi connectivity index (χ1n) is 8.15. The van der Waals surface area contributed by atoms with Gasteiger partial charge in [0.2, 0.25) is 0 Å². The largest absolute Gasteiger partial charge is 0.444 e. The van der Waals surface area contributed by atoms with Crippen molar-refractivity contribution < 1.29 is 9.53 Å². The number of hydrogen-bond donors (Lipinski definition) is 2. The van der Waals surface area contributed by atoms with E-state index in [0.717, 1.165) is 31.6 Å². The number of amides is 1. The summed E-state index contributed by atoms with van der Waals surface area (Å²) in [6.07, 6.45) is 4.98. The third kappa shape index (κ3) is 3.27. The van der Waals surface area contributed by atoms with E-state index in [0.29, 0.717) is 12.0 Å². The summed E-state index contributed by atoms with van der Waals surface area (Å²) in [7, 11) is 0. The molecule has 3 rings (SSSR count). The molecule has 2 heterocycles. The lowest BCUT2D eigenvalue weighted by Crippen LogP contribution is -2.49. The molecule has 6 nitrogen and oxygen atoms in total. The molecular formula is C16H26N4O2. The molecule has 1 aliphatic heterocycles. The predicted molar refractivity (Wildman–Crippen MR) is 83.3 cm³/mol. The number of likely N-dealkylation sites (tertiary alicyclic amines) is 1. The summed E-state index contributed by atoms with van der Waals surface area (Å²) < 4.78 is 5.57. The Kier molecular flexibility index (Phi) is 4.12. The molecule has 6 heteroatoms. The van der Waals surface area contributed by atoms with Gasteiger partial charge in [-0.05, 0) is 52.0 Å². The number of rotatable bonds is 3. The van der Waals surface area contributed by atoms with Crippen LogP contribution in [0.2, 0.25) is 0 Å². The van der Waals surface area contributed by atoms with Gasteiger partial charge in [0.1, 0.15) is 5.60 Å². The summed E-state index contributed by atoms with van der Waals surface area (Å²) in [5.74, 6) is 0.604. The molecule has 1 saturated heterocycles. The minimum atomic E-state index is -0.438. The van der Waals surface area contributed by atoms with Crippen molar-refractivity contribution >= 4 is 6.09 Å². The van der Waals surface area contributed by atoms with Gasteiger partial charge in [-0.3, -0.25) is 5.10 Å². The van der Waals surface area contributed by atoms with Crippen molar-refractivity contribution in [3.63, 3.8) is 0 Å². The zero-order chi connectivity index (χ0) is 15.7. The Morgan fingerprint density at radius 3 is 2.95 bits per heavy atom. The Hall–Kier alpha value is -1.56. The molecule has 0 aromatic carbocycles. The molecule has 22 heavy (non-hydrogen) atoms. The molecule has 122 valence electrons. The second-order valence-electron chi connectivity index (χ2n) is 7.36. The van der Waals surface area contributed by atoms with Crippen LogP contribution in [-0.4, -0.2) is 45.4 Å². The number of ether oxygens (including phenoxy) is 1. The van der Waals surface area contributed by atoms with Crippen LogP contribution in [0.1, 0.15) is 45.7 Å². The maximum Gasteiger partial charge on any atom is 0.410 e. The van der Waals surface area contributed by atoms with Crippen molar-refractivity contribution in [1.29, 1.82) is 0 Å². The molecule has 0 radical (unpaired) electrons. The van der Waals surface area contributed by atoms with E-state index >= 15 is 0 Å². The van der Waals surface area contributed by atoms with Gasteiger partial charge in [-0.25, -0.2) is 4.79 Å². The highest BCUT2D eigenvalue weighted by molar-refractivity contribution is 5.69. The molecule has 1 saturated carbocycles. The minimum absolute atomic E-state index is 0.171. The van der Waals surface area contributed by atoms with Crippen molar-refractivity contribution in [2.45, 2.75) is 64.3 Å². The van der Waals surface area contributed by atoms with Gasteiger partial charge in [0.25, 0.3) is 0 Å². The molecule has 0 bridgehead atoms. The first-order valence-corrected chi connectivity index (χ1v) is 8.15. The Bertz CT molecular complexity index is 509. The van der Waals surface area contributed by atoms with Crippen LogP contribution in [0.3, 0.4) is 0 Å². The molecule has 0 spiro atoms. The Balaban J connectivity index is 1.62. The van der Waals surface area contributed by atoms with Crippen LogP contribution in [0.15, 0.2) is 12.3 Å². The first-order chi connectivity index (χ1) is 10.4. The highest BCUT2D eigenvalue weighted by Gasteiger charge is 2.46. The van der Waals surface area contributed by atoms with Crippen LogP contribution in [0.4, 0.5) is 4.79 Å². The molecule has 3 unspecified atom stereocenters. The third-order valence-corrected chi connectivity index (χ3v) is 4.59. The molecule has 2 aliphatic rings. The molecular weight excluding hydrogens is 280 g/mol. The fraction of sp³-hybridized carbons (Fsp3) is 0.750. The SMILES string of the molecule is CC(C)(C)OC(=O)N1CCC2CCC(NCc3ccn[nH]3)C21. The number of aromatic nitrogens is 2. The number of nitrogens with zero attached hydrogens (tertiary/aromatic N) is 2. The monoisotopic (exact) mass is 306 g/mol. The van der Waals surface area contributed by atoms with Crippen molar-refractivity contribution in [2.24, 2.45) is 5.92 Å². The van der Waals surface area contributed by atoms with Crippen LogP contribution in [-0.2, 0) is 11.3 Å². The van der Waals surface area contributed by atoms with E-state index in [2.05, 4.69) is 15.5 Å². The highest BCUT2D eigenvalue weighted by atomic mass is 16.6. The fourth-order valence-corrected chi connectivity index (χ4v) is 3.69.